The number of rotatable bonds is 4. The molecule has 3 heterocycles. The van der Waals surface area contributed by atoms with Gasteiger partial charge in [-0.05, 0) is 30.0 Å². The van der Waals surface area contributed by atoms with Gasteiger partial charge in [0.15, 0.2) is 0 Å². The van der Waals surface area contributed by atoms with Gasteiger partial charge in [-0.3, -0.25) is 4.98 Å². The van der Waals surface area contributed by atoms with Crippen molar-refractivity contribution in [3.8, 4) is 17.3 Å². The molecule has 1 aliphatic rings. The molecule has 0 spiro atoms. The molecule has 0 N–H and O–H groups in total. The lowest BCUT2D eigenvalue weighted by molar-refractivity contribution is 0.378. The minimum absolute atomic E-state index is 0.289. The Bertz CT molecular complexity index is 770. The Morgan fingerprint density at radius 1 is 1.18 bits per heavy atom. The van der Waals surface area contributed by atoms with E-state index in [2.05, 4.69) is 26.2 Å². The molecule has 1 fully saturated rings. The maximum absolute atomic E-state index is 5.41. The second-order valence-electron chi connectivity index (χ2n) is 5.28. The van der Waals surface area contributed by atoms with Crippen LogP contribution in [0, 0.1) is 0 Å². The zero-order valence-corrected chi connectivity index (χ0v) is 12.0. The van der Waals surface area contributed by atoms with Crippen LogP contribution >= 0.6 is 0 Å². The van der Waals surface area contributed by atoms with Crippen molar-refractivity contribution in [2.45, 2.75) is 18.3 Å². The molecular weight excluding hydrogens is 280 g/mol. The lowest BCUT2D eigenvalue weighted by Gasteiger charge is -1.97. The summed E-state index contributed by atoms with van der Waals surface area (Å²) in [4.78, 5) is 12.8. The van der Waals surface area contributed by atoms with E-state index in [1.807, 2.05) is 18.3 Å². The van der Waals surface area contributed by atoms with E-state index in [-0.39, 0.29) is 5.92 Å². The molecule has 0 aromatic carbocycles. The zero-order valence-electron chi connectivity index (χ0n) is 12.0. The summed E-state index contributed by atoms with van der Waals surface area (Å²) in [6, 6.07) is 7.68. The Morgan fingerprint density at radius 2 is 2.14 bits per heavy atom. The highest BCUT2D eigenvalue weighted by atomic mass is 16.5. The second kappa shape index (κ2) is 5.22. The van der Waals surface area contributed by atoms with Crippen LogP contribution in [0.25, 0.3) is 11.4 Å². The van der Waals surface area contributed by atoms with E-state index >= 15 is 0 Å². The highest BCUT2D eigenvalue weighted by Gasteiger charge is 2.43. The quantitative estimate of drug-likeness (QED) is 0.736. The van der Waals surface area contributed by atoms with Crippen molar-refractivity contribution >= 4 is 0 Å². The number of hydrogen-bond donors (Lipinski definition) is 0. The summed E-state index contributed by atoms with van der Waals surface area (Å²) in [5.41, 5.74) is 2.03. The van der Waals surface area contributed by atoms with Crippen molar-refractivity contribution in [3.63, 3.8) is 0 Å². The fourth-order valence-electron chi connectivity index (χ4n) is 2.57. The van der Waals surface area contributed by atoms with Gasteiger partial charge in [0, 0.05) is 36.1 Å². The van der Waals surface area contributed by atoms with Crippen molar-refractivity contribution in [2.75, 3.05) is 7.11 Å². The standard InChI is InChI=1S/C16H14N4O2/c1-21-14-5-4-11(9-18-14)15-19-16(22-20-15)13-7-12(13)10-3-2-6-17-8-10/h2-6,8-9,12-13H,7H2,1H3/t12-,13-/m0/s1. The number of hydrogen-bond acceptors (Lipinski definition) is 6. The average molecular weight is 294 g/mol. The number of pyridine rings is 2. The molecule has 0 unspecified atom stereocenters. The third-order valence-corrected chi connectivity index (χ3v) is 3.87. The molecule has 110 valence electrons. The molecule has 22 heavy (non-hydrogen) atoms. The molecule has 6 heteroatoms. The Hall–Kier alpha value is -2.76. The Kier molecular flexibility index (Phi) is 3.07. The maximum atomic E-state index is 5.41. The summed E-state index contributed by atoms with van der Waals surface area (Å²) in [6.07, 6.45) is 6.38. The Morgan fingerprint density at radius 3 is 2.86 bits per heavy atom. The summed E-state index contributed by atoms with van der Waals surface area (Å²) < 4.78 is 10.5. The van der Waals surface area contributed by atoms with Gasteiger partial charge >= 0.3 is 0 Å². The van der Waals surface area contributed by atoms with Gasteiger partial charge < -0.3 is 9.26 Å². The van der Waals surface area contributed by atoms with Crippen LogP contribution in [0.2, 0.25) is 0 Å². The molecule has 1 saturated carbocycles. The van der Waals surface area contributed by atoms with Crippen molar-refractivity contribution in [1.82, 2.24) is 20.1 Å². The molecule has 3 aromatic heterocycles. The molecule has 0 amide bonds. The summed E-state index contributed by atoms with van der Waals surface area (Å²) in [6.45, 7) is 0. The minimum Gasteiger partial charge on any atom is -0.481 e. The third kappa shape index (κ3) is 2.32. The summed E-state index contributed by atoms with van der Waals surface area (Å²) in [5.74, 6) is 2.51. The van der Waals surface area contributed by atoms with E-state index < -0.39 is 0 Å². The van der Waals surface area contributed by atoms with Gasteiger partial charge in [-0.1, -0.05) is 11.2 Å². The normalized spacial score (nSPS) is 19.9. The highest BCUT2D eigenvalue weighted by Crippen LogP contribution is 2.54. The number of aromatic nitrogens is 4. The van der Waals surface area contributed by atoms with Crippen LogP contribution in [0.15, 0.2) is 47.4 Å². The van der Waals surface area contributed by atoms with E-state index in [0.717, 1.165) is 12.0 Å². The second-order valence-corrected chi connectivity index (χ2v) is 5.28. The predicted molar refractivity (Wildman–Crippen MR) is 78.4 cm³/mol. The fourth-order valence-corrected chi connectivity index (χ4v) is 2.57. The predicted octanol–water partition coefficient (Wildman–Crippen LogP) is 2.81. The topological polar surface area (TPSA) is 73.9 Å². The van der Waals surface area contributed by atoms with Crippen LogP contribution in [-0.4, -0.2) is 27.2 Å². The van der Waals surface area contributed by atoms with Crippen LogP contribution in [0.1, 0.15) is 29.7 Å². The molecular formula is C16H14N4O2. The van der Waals surface area contributed by atoms with Gasteiger partial charge in [0.1, 0.15) is 0 Å². The Labute approximate surface area is 127 Å². The lowest BCUT2D eigenvalue weighted by atomic mass is 10.1. The van der Waals surface area contributed by atoms with Crippen LogP contribution in [0.5, 0.6) is 5.88 Å². The highest BCUT2D eigenvalue weighted by molar-refractivity contribution is 5.53. The van der Waals surface area contributed by atoms with Gasteiger partial charge in [0.2, 0.25) is 17.6 Å². The lowest BCUT2D eigenvalue weighted by Crippen LogP contribution is -1.89. The fraction of sp³-hybridized carbons (Fsp3) is 0.250. The van der Waals surface area contributed by atoms with Gasteiger partial charge in [-0.25, -0.2) is 4.98 Å². The van der Waals surface area contributed by atoms with E-state index in [4.69, 9.17) is 9.26 Å². The maximum Gasteiger partial charge on any atom is 0.230 e. The van der Waals surface area contributed by atoms with Crippen LogP contribution < -0.4 is 4.74 Å². The van der Waals surface area contributed by atoms with E-state index in [1.165, 1.54) is 5.56 Å². The monoisotopic (exact) mass is 294 g/mol. The molecule has 0 radical (unpaired) electrons. The summed E-state index contributed by atoms with van der Waals surface area (Å²) >= 11 is 0. The first kappa shape index (κ1) is 12.9. The molecule has 0 aliphatic heterocycles. The summed E-state index contributed by atoms with van der Waals surface area (Å²) in [5, 5.41) is 4.05. The minimum atomic E-state index is 0.289. The average Bonchev–Trinajstić information content (AvgIpc) is 3.24. The summed E-state index contributed by atoms with van der Waals surface area (Å²) in [7, 11) is 1.58. The number of ether oxygens (including phenoxy) is 1. The van der Waals surface area contributed by atoms with Crippen molar-refractivity contribution in [3.05, 3.63) is 54.3 Å². The molecule has 6 nitrogen and oxygen atoms in total. The van der Waals surface area contributed by atoms with Crippen molar-refractivity contribution in [2.24, 2.45) is 0 Å². The third-order valence-electron chi connectivity index (χ3n) is 3.87. The molecule has 3 aromatic rings. The first-order chi connectivity index (χ1) is 10.8. The molecule has 2 atom stereocenters. The van der Waals surface area contributed by atoms with Gasteiger partial charge in [-0.2, -0.15) is 4.98 Å². The molecule has 0 bridgehead atoms. The van der Waals surface area contributed by atoms with E-state index in [9.17, 15) is 0 Å². The Balaban J connectivity index is 1.53. The van der Waals surface area contributed by atoms with E-state index in [1.54, 1.807) is 25.6 Å². The number of nitrogens with zero attached hydrogens (tertiary/aromatic N) is 4. The largest absolute Gasteiger partial charge is 0.481 e. The van der Waals surface area contributed by atoms with Gasteiger partial charge in [0.25, 0.3) is 0 Å². The van der Waals surface area contributed by atoms with E-state index in [0.29, 0.717) is 23.5 Å². The van der Waals surface area contributed by atoms with Crippen molar-refractivity contribution in [1.29, 1.82) is 0 Å². The molecule has 4 rings (SSSR count). The zero-order chi connectivity index (χ0) is 14.9. The molecule has 0 saturated heterocycles. The van der Waals surface area contributed by atoms with Crippen molar-refractivity contribution < 1.29 is 9.26 Å². The SMILES string of the molecule is COc1ccc(-c2noc([C@H]3C[C@H]3c3cccnc3)n2)cn1. The van der Waals surface area contributed by atoms with Gasteiger partial charge in [0.05, 0.1) is 7.11 Å². The van der Waals surface area contributed by atoms with Crippen LogP contribution in [0.4, 0.5) is 0 Å². The van der Waals surface area contributed by atoms with Crippen LogP contribution in [0.3, 0.4) is 0 Å². The smallest absolute Gasteiger partial charge is 0.230 e. The first-order valence-electron chi connectivity index (χ1n) is 7.09. The van der Waals surface area contributed by atoms with Gasteiger partial charge in [-0.15, -0.1) is 0 Å². The van der Waals surface area contributed by atoms with Crippen LogP contribution in [-0.2, 0) is 0 Å². The number of methoxy groups -OCH3 is 1. The first-order valence-corrected chi connectivity index (χ1v) is 7.09. The molecule has 1 aliphatic carbocycles.